The molecule has 1 amide bonds. The second-order valence-corrected chi connectivity index (χ2v) is 11.9. The van der Waals surface area contributed by atoms with E-state index in [0.717, 1.165) is 51.3 Å². The van der Waals surface area contributed by atoms with Crippen LogP contribution < -0.4 is 15.0 Å². The van der Waals surface area contributed by atoms with E-state index in [1.807, 2.05) is 24.3 Å². The standard InChI is InChI=1S/C31H37ClN4O2/c1-6-7-8-15-35-16-18-36(19-17-35)24-12-9-22(10-13-24)27(37)34-28-30(2,3)29(31(28,4)5)38-25-14-11-23(21-33)26(32)20-25/h1,9-14,20,28-29H,7-8,15-19H2,2-5H3,(H,34,37)/t28-,29-. The molecule has 0 aromatic heterocycles. The van der Waals surface area contributed by atoms with Gasteiger partial charge in [-0.2, -0.15) is 5.26 Å². The molecule has 1 aliphatic carbocycles. The summed E-state index contributed by atoms with van der Waals surface area (Å²) >= 11 is 6.20. The summed E-state index contributed by atoms with van der Waals surface area (Å²) in [5.74, 6) is 3.25. The topological polar surface area (TPSA) is 68.6 Å². The molecule has 0 radical (unpaired) electrons. The number of rotatable bonds is 8. The van der Waals surface area contributed by atoms with Crippen LogP contribution >= 0.6 is 11.6 Å². The van der Waals surface area contributed by atoms with E-state index in [0.29, 0.717) is 21.9 Å². The van der Waals surface area contributed by atoms with E-state index >= 15 is 0 Å². The summed E-state index contributed by atoms with van der Waals surface area (Å²) in [6.45, 7) is 13.5. The Morgan fingerprint density at radius 2 is 1.76 bits per heavy atom. The Morgan fingerprint density at radius 3 is 2.34 bits per heavy atom. The highest BCUT2D eigenvalue weighted by molar-refractivity contribution is 6.31. The van der Waals surface area contributed by atoms with Crippen LogP contribution in [-0.4, -0.2) is 55.7 Å². The first-order valence-electron chi connectivity index (χ1n) is 13.3. The van der Waals surface area contributed by atoms with Gasteiger partial charge in [0.05, 0.1) is 10.6 Å². The van der Waals surface area contributed by atoms with Gasteiger partial charge in [-0.15, -0.1) is 12.3 Å². The molecule has 2 aromatic rings. The molecular formula is C31H37ClN4O2. The minimum atomic E-state index is -0.306. The van der Waals surface area contributed by atoms with Crippen molar-refractivity contribution in [1.82, 2.24) is 10.2 Å². The van der Waals surface area contributed by atoms with Crippen LogP contribution in [0, 0.1) is 34.5 Å². The van der Waals surface area contributed by atoms with E-state index in [1.54, 1.807) is 18.2 Å². The molecule has 2 aliphatic rings. The van der Waals surface area contributed by atoms with Gasteiger partial charge in [-0.3, -0.25) is 9.69 Å². The molecule has 0 spiro atoms. The van der Waals surface area contributed by atoms with Gasteiger partial charge in [0.1, 0.15) is 17.9 Å². The number of nitrogens with one attached hydrogen (secondary N) is 1. The first-order valence-corrected chi connectivity index (χ1v) is 13.6. The van der Waals surface area contributed by atoms with Crippen LogP contribution in [0.15, 0.2) is 42.5 Å². The Morgan fingerprint density at radius 1 is 1.11 bits per heavy atom. The third-order valence-electron chi connectivity index (χ3n) is 8.09. The number of anilines is 1. The number of halogens is 1. The van der Waals surface area contributed by atoms with Crippen molar-refractivity contribution in [3.05, 3.63) is 58.6 Å². The summed E-state index contributed by atoms with van der Waals surface area (Å²) in [6.07, 6.45) is 7.10. The third-order valence-corrected chi connectivity index (χ3v) is 8.41. The summed E-state index contributed by atoms with van der Waals surface area (Å²) in [6, 6.07) is 15.0. The van der Waals surface area contributed by atoms with Crippen molar-refractivity contribution in [3.63, 3.8) is 0 Å². The Labute approximate surface area is 231 Å². The summed E-state index contributed by atoms with van der Waals surface area (Å²) in [5.41, 5.74) is 1.60. The molecule has 1 N–H and O–H groups in total. The maximum Gasteiger partial charge on any atom is 0.251 e. The fourth-order valence-corrected chi connectivity index (χ4v) is 6.48. The third kappa shape index (κ3) is 5.63. The monoisotopic (exact) mass is 532 g/mol. The first kappa shape index (κ1) is 27.8. The molecule has 4 rings (SSSR count). The Hall–Kier alpha value is -3.19. The van der Waals surface area contributed by atoms with Gasteiger partial charge in [-0.1, -0.05) is 39.3 Å². The number of nitrogens with zero attached hydrogens (tertiary/aromatic N) is 3. The largest absolute Gasteiger partial charge is 0.489 e. The van der Waals surface area contributed by atoms with Crippen LogP contribution in [0.25, 0.3) is 0 Å². The lowest BCUT2D eigenvalue weighted by Gasteiger charge is -2.63. The maximum atomic E-state index is 13.2. The van der Waals surface area contributed by atoms with Gasteiger partial charge < -0.3 is 15.0 Å². The number of hydrogen-bond acceptors (Lipinski definition) is 5. The number of hydrogen-bond donors (Lipinski definition) is 1. The van der Waals surface area contributed by atoms with Crippen molar-refractivity contribution in [1.29, 1.82) is 5.26 Å². The summed E-state index contributed by atoms with van der Waals surface area (Å²) in [7, 11) is 0. The zero-order valence-electron chi connectivity index (χ0n) is 22.8. The van der Waals surface area contributed by atoms with Gasteiger partial charge in [0, 0.05) is 66.8 Å². The summed E-state index contributed by atoms with van der Waals surface area (Å²) < 4.78 is 6.33. The predicted molar refractivity (Wildman–Crippen MR) is 153 cm³/mol. The van der Waals surface area contributed by atoms with E-state index in [-0.39, 0.29) is 28.9 Å². The number of amides is 1. The minimum absolute atomic E-state index is 0.0800. The normalized spacial score (nSPS) is 22.0. The number of piperazine rings is 1. The van der Waals surface area contributed by atoms with Crippen LogP contribution in [0.5, 0.6) is 5.75 Å². The number of unbranched alkanes of at least 4 members (excludes halogenated alkanes) is 1. The quantitative estimate of drug-likeness (QED) is 0.366. The number of terminal acetylenes is 1. The predicted octanol–water partition coefficient (Wildman–Crippen LogP) is 5.36. The Kier molecular flexibility index (Phi) is 8.26. The lowest BCUT2D eigenvalue weighted by Crippen LogP contribution is -2.74. The highest BCUT2D eigenvalue weighted by Crippen LogP contribution is 2.55. The smallest absolute Gasteiger partial charge is 0.251 e. The van der Waals surface area contributed by atoms with E-state index < -0.39 is 0 Å². The second kappa shape index (κ2) is 11.3. The van der Waals surface area contributed by atoms with Crippen LogP contribution in [0.4, 0.5) is 5.69 Å². The molecule has 0 bridgehead atoms. The molecule has 1 heterocycles. The zero-order chi connectivity index (χ0) is 27.5. The lowest BCUT2D eigenvalue weighted by atomic mass is 9.49. The van der Waals surface area contributed by atoms with Gasteiger partial charge >= 0.3 is 0 Å². The van der Waals surface area contributed by atoms with Gasteiger partial charge in [0.2, 0.25) is 0 Å². The minimum Gasteiger partial charge on any atom is -0.489 e. The summed E-state index contributed by atoms with van der Waals surface area (Å²) in [5, 5.41) is 12.8. The Balaban J connectivity index is 1.34. The molecule has 2 fully saturated rings. The van der Waals surface area contributed by atoms with Crippen molar-refractivity contribution in [2.24, 2.45) is 10.8 Å². The van der Waals surface area contributed by atoms with Crippen LogP contribution in [0.3, 0.4) is 0 Å². The van der Waals surface area contributed by atoms with E-state index in [4.69, 9.17) is 28.0 Å². The van der Waals surface area contributed by atoms with Crippen molar-refractivity contribution in [3.8, 4) is 24.2 Å². The first-order chi connectivity index (χ1) is 18.1. The highest BCUT2D eigenvalue weighted by Gasteiger charge is 2.64. The molecule has 2 aromatic carbocycles. The van der Waals surface area contributed by atoms with Crippen LogP contribution in [0.2, 0.25) is 5.02 Å². The van der Waals surface area contributed by atoms with Gasteiger partial charge in [0.15, 0.2) is 0 Å². The van der Waals surface area contributed by atoms with Crippen molar-refractivity contribution < 1.29 is 9.53 Å². The van der Waals surface area contributed by atoms with E-state index in [9.17, 15) is 4.79 Å². The Bertz CT molecular complexity index is 1220. The fraction of sp³-hybridized carbons (Fsp3) is 0.484. The average molecular weight is 533 g/mol. The van der Waals surface area contributed by atoms with Gasteiger partial charge in [-0.25, -0.2) is 0 Å². The number of carbonyl (C=O) groups is 1. The lowest BCUT2D eigenvalue weighted by molar-refractivity contribution is -0.164. The van der Waals surface area contributed by atoms with Crippen LogP contribution in [0.1, 0.15) is 56.5 Å². The summed E-state index contributed by atoms with van der Waals surface area (Å²) in [4.78, 5) is 18.1. The fourth-order valence-electron chi connectivity index (χ4n) is 6.27. The molecule has 0 atom stereocenters. The molecule has 0 unspecified atom stereocenters. The number of carbonyl (C=O) groups excluding carboxylic acids is 1. The number of ether oxygens (including phenoxy) is 1. The molecule has 7 heteroatoms. The molecule has 1 aliphatic heterocycles. The van der Waals surface area contributed by atoms with E-state index in [1.165, 1.54) is 0 Å². The van der Waals surface area contributed by atoms with Crippen LogP contribution in [-0.2, 0) is 0 Å². The highest BCUT2D eigenvalue weighted by atomic mass is 35.5. The zero-order valence-corrected chi connectivity index (χ0v) is 23.5. The van der Waals surface area contributed by atoms with Crippen molar-refractivity contribution >= 4 is 23.2 Å². The van der Waals surface area contributed by atoms with Crippen molar-refractivity contribution in [2.75, 3.05) is 37.6 Å². The molecule has 1 saturated heterocycles. The molecule has 200 valence electrons. The van der Waals surface area contributed by atoms with Gasteiger partial charge in [0.25, 0.3) is 5.91 Å². The van der Waals surface area contributed by atoms with Crippen molar-refractivity contribution in [2.45, 2.75) is 52.7 Å². The molecule has 38 heavy (non-hydrogen) atoms. The SMILES string of the molecule is C#CCCCN1CCN(c2ccc(C(=O)N[C@H]3C(C)(C)[C@H](Oc4ccc(C#N)c(Cl)c4)C3(C)C)cc2)CC1. The molecule has 6 nitrogen and oxygen atoms in total. The maximum absolute atomic E-state index is 13.2. The molecule has 1 saturated carbocycles. The molecular weight excluding hydrogens is 496 g/mol. The second-order valence-electron chi connectivity index (χ2n) is 11.5. The number of nitriles is 1. The average Bonchev–Trinajstić information content (AvgIpc) is 2.90. The number of benzene rings is 2. The van der Waals surface area contributed by atoms with E-state index in [2.05, 4.69) is 54.8 Å². The van der Waals surface area contributed by atoms with Gasteiger partial charge in [-0.05, 0) is 49.4 Å².